The summed E-state index contributed by atoms with van der Waals surface area (Å²) in [4.78, 5) is 24.4. The summed E-state index contributed by atoms with van der Waals surface area (Å²) in [6.07, 6.45) is 2.57. The first-order valence-corrected chi connectivity index (χ1v) is 7.76. The van der Waals surface area contributed by atoms with E-state index in [1.165, 1.54) is 6.20 Å². The molecule has 1 unspecified atom stereocenters. The highest BCUT2D eigenvalue weighted by Crippen LogP contribution is 2.23. The SMILES string of the molecule is O=c1ccn(C2CCCCO2)c(=O)n1Cc1c(F)c(F)c(F)c(F)c1F. The summed E-state index contributed by atoms with van der Waals surface area (Å²) in [5.41, 5.74) is -3.16. The van der Waals surface area contributed by atoms with Gasteiger partial charge in [0, 0.05) is 24.4 Å². The van der Waals surface area contributed by atoms with Gasteiger partial charge in [-0.1, -0.05) is 0 Å². The predicted molar refractivity (Wildman–Crippen MR) is 79.1 cm³/mol. The molecule has 1 aromatic heterocycles. The van der Waals surface area contributed by atoms with Gasteiger partial charge in [0.05, 0.1) is 6.54 Å². The highest BCUT2D eigenvalue weighted by molar-refractivity contribution is 5.24. The minimum atomic E-state index is -2.31. The Morgan fingerprint density at radius 3 is 2.15 bits per heavy atom. The third kappa shape index (κ3) is 3.05. The molecule has 140 valence electrons. The largest absolute Gasteiger partial charge is 0.358 e. The predicted octanol–water partition coefficient (Wildman–Crippen LogP) is 2.45. The molecule has 1 fully saturated rings. The Morgan fingerprint density at radius 1 is 0.962 bits per heavy atom. The molecule has 5 nitrogen and oxygen atoms in total. The fourth-order valence-electron chi connectivity index (χ4n) is 2.79. The summed E-state index contributed by atoms with van der Waals surface area (Å²) < 4.78 is 74.3. The highest BCUT2D eigenvalue weighted by atomic mass is 19.2. The maximum absolute atomic E-state index is 13.8. The summed E-state index contributed by atoms with van der Waals surface area (Å²) in [5.74, 6) is -10.8. The molecule has 0 radical (unpaired) electrons. The first-order valence-electron chi connectivity index (χ1n) is 7.76. The van der Waals surface area contributed by atoms with Gasteiger partial charge in [-0.2, -0.15) is 0 Å². The number of nitrogens with zero attached hydrogens (tertiary/aromatic N) is 2. The lowest BCUT2D eigenvalue weighted by atomic mass is 10.1. The molecule has 1 aromatic carbocycles. The molecule has 0 saturated carbocycles. The number of aromatic nitrogens is 2. The van der Waals surface area contributed by atoms with Crippen molar-refractivity contribution in [2.24, 2.45) is 0 Å². The first kappa shape index (κ1) is 18.3. The van der Waals surface area contributed by atoms with Gasteiger partial charge >= 0.3 is 5.69 Å². The summed E-state index contributed by atoms with van der Waals surface area (Å²) in [5, 5.41) is 0. The van der Waals surface area contributed by atoms with Gasteiger partial charge < -0.3 is 4.74 Å². The fraction of sp³-hybridized carbons (Fsp3) is 0.375. The van der Waals surface area contributed by atoms with Crippen LogP contribution >= 0.6 is 0 Å². The molecule has 0 aliphatic carbocycles. The first-order chi connectivity index (χ1) is 12.3. The van der Waals surface area contributed by atoms with Gasteiger partial charge in [-0.05, 0) is 19.3 Å². The van der Waals surface area contributed by atoms with Crippen molar-refractivity contribution in [1.29, 1.82) is 0 Å². The summed E-state index contributed by atoms with van der Waals surface area (Å²) in [6, 6.07) is 0.964. The van der Waals surface area contributed by atoms with Crippen LogP contribution in [0.3, 0.4) is 0 Å². The molecule has 2 aromatic rings. The van der Waals surface area contributed by atoms with Gasteiger partial charge in [0.1, 0.15) is 6.23 Å². The Hall–Kier alpha value is -2.49. The molecule has 2 heterocycles. The van der Waals surface area contributed by atoms with E-state index in [2.05, 4.69) is 0 Å². The maximum atomic E-state index is 13.8. The lowest BCUT2D eigenvalue weighted by Gasteiger charge is -2.24. The van der Waals surface area contributed by atoms with Crippen LogP contribution in [0.1, 0.15) is 31.1 Å². The molecule has 10 heteroatoms. The van der Waals surface area contributed by atoms with Gasteiger partial charge in [-0.15, -0.1) is 0 Å². The third-order valence-corrected chi connectivity index (χ3v) is 4.18. The molecule has 3 rings (SSSR count). The quantitative estimate of drug-likeness (QED) is 0.470. The van der Waals surface area contributed by atoms with Gasteiger partial charge in [-0.3, -0.25) is 13.9 Å². The maximum Gasteiger partial charge on any atom is 0.333 e. The average Bonchev–Trinajstić information content (AvgIpc) is 2.65. The molecular weight excluding hydrogens is 363 g/mol. The molecular formula is C16H13F5N2O3. The topological polar surface area (TPSA) is 53.2 Å². The van der Waals surface area contributed by atoms with E-state index in [-0.39, 0.29) is 0 Å². The number of halogens is 5. The van der Waals surface area contributed by atoms with Crippen LogP contribution in [0.15, 0.2) is 21.9 Å². The third-order valence-electron chi connectivity index (χ3n) is 4.18. The lowest BCUT2D eigenvalue weighted by Crippen LogP contribution is -2.42. The van der Waals surface area contributed by atoms with Crippen molar-refractivity contribution in [2.45, 2.75) is 32.0 Å². The molecule has 1 saturated heterocycles. The van der Waals surface area contributed by atoms with Crippen molar-refractivity contribution < 1.29 is 26.7 Å². The Balaban J connectivity index is 2.09. The Labute approximate surface area is 143 Å². The highest BCUT2D eigenvalue weighted by Gasteiger charge is 2.27. The normalized spacial score (nSPS) is 17.5. The smallest absolute Gasteiger partial charge is 0.333 e. The van der Waals surface area contributed by atoms with Crippen molar-refractivity contribution in [3.05, 3.63) is 67.8 Å². The Kier molecular flexibility index (Phi) is 4.94. The van der Waals surface area contributed by atoms with Gasteiger partial charge in [0.15, 0.2) is 23.3 Å². The van der Waals surface area contributed by atoms with Gasteiger partial charge in [0.25, 0.3) is 5.56 Å². The second-order valence-corrected chi connectivity index (χ2v) is 5.80. The second-order valence-electron chi connectivity index (χ2n) is 5.80. The second kappa shape index (κ2) is 7.02. The van der Waals surface area contributed by atoms with Crippen LogP contribution in [0.4, 0.5) is 22.0 Å². The zero-order valence-electron chi connectivity index (χ0n) is 13.3. The van der Waals surface area contributed by atoms with Crippen molar-refractivity contribution >= 4 is 0 Å². The molecule has 0 spiro atoms. The van der Waals surface area contributed by atoms with Crippen molar-refractivity contribution in [2.75, 3.05) is 6.61 Å². The zero-order chi connectivity index (χ0) is 19.0. The van der Waals surface area contributed by atoms with Crippen molar-refractivity contribution in [1.82, 2.24) is 9.13 Å². The number of ether oxygens (including phenoxy) is 1. The standard InChI is InChI=1S/C16H13F5N2O3/c17-11-8(12(18)14(20)15(21)13(11)19)7-23-9(24)4-5-22(16(23)25)10-3-1-2-6-26-10/h4-5,10H,1-3,6-7H2. The van der Waals surface area contributed by atoms with Crippen LogP contribution in [0.2, 0.25) is 0 Å². The number of hydrogen-bond acceptors (Lipinski definition) is 3. The minimum absolute atomic E-state index is 0.397. The monoisotopic (exact) mass is 376 g/mol. The van der Waals surface area contributed by atoms with Gasteiger partial charge in [0.2, 0.25) is 5.82 Å². The van der Waals surface area contributed by atoms with Crippen molar-refractivity contribution in [3.8, 4) is 0 Å². The van der Waals surface area contributed by atoms with E-state index in [1.54, 1.807) is 0 Å². The molecule has 0 N–H and O–H groups in total. The van der Waals surface area contributed by atoms with Crippen LogP contribution in [0.5, 0.6) is 0 Å². The van der Waals surface area contributed by atoms with Crippen LogP contribution in [-0.4, -0.2) is 15.7 Å². The molecule has 1 atom stereocenters. The molecule has 1 aliphatic heterocycles. The van der Waals surface area contributed by atoms with Crippen LogP contribution in [0, 0.1) is 29.1 Å². The van der Waals surface area contributed by atoms with Crippen LogP contribution in [0.25, 0.3) is 0 Å². The average molecular weight is 376 g/mol. The van der Waals surface area contributed by atoms with Crippen LogP contribution in [-0.2, 0) is 11.3 Å². The fourth-order valence-corrected chi connectivity index (χ4v) is 2.79. The lowest BCUT2D eigenvalue weighted by molar-refractivity contribution is -0.0356. The molecule has 0 amide bonds. The Bertz CT molecular complexity index is 935. The molecule has 0 bridgehead atoms. The summed E-state index contributed by atoms with van der Waals surface area (Å²) in [7, 11) is 0. The Morgan fingerprint density at radius 2 is 1.58 bits per heavy atom. The number of benzene rings is 1. The van der Waals surface area contributed by atoms with E-state index in [0.29, 0.717) is 17.6 Å². The van der Waals surface area contributed by atoms with E-state index >= 15 is 0 Å². The summed E-state index contributed by atoms with van der Waals surface area (Å²) in [6.45, 7) is -0.703. The van der Waals surface area contributed by atoms with E-state index in [4.69, 9.17) is 4.74 Å². The van der Waals surface area contributed by atoms with E-state index in [0.717, 1.165) is 23.5 Å². The van der Waals surface area contributed by atoms with E-state index in [9.17, 15) is 31.5 Å². The minimum Gasteiger partial charge on any atom is -0.358 e. The zero-order valence-corrected chi connectivity index (χ0v) is 13.3. The van der Waals surface area contributed by atoms with E-state index < -0.39 is 58.7 Å². The van der Waals surface area contributed by atoms with E-state index in [1.807, 2.05) is 0 Å². The molecule has 26 heavy (non-hydrogen) atoms. The number of hydrogen-bond donors (Lipinski definition) is 0. The molecule has 1 aliphatic rings. The van der Waals surface area contributed by atoms with Crippen LogP contribution < -0.4 is 11.2 Å². The van der Waals surface area contributed by atoms with Gasteiger partial charge in [-0.25, -0.2) is 26.7 Å². The van der Waals surface area contributed by atoms with Crippen molar-refractivity contribution in [3.63, 3.8) is 0 Å². The number of rotatable bonds is 3. The summed E-state index contributed by atoms with van der Waals surface area (Å²) >= 11 is 0.